The quantitative estimate of drug-likeness (QED) is 0.262. The number of aromatic hydroxyl groups is 1. The average molecular weight is 501 g/mol. The zero-order chi connectivity index (χ0) is 26.4. The number of phenolic OH excluding ortho intramolecular Hbond substituents is 1. The summed E-state index contributed by atoms with van der Waals surface area (Å²) in [5.41, 5.74) is 3.07. The molecule has 2 aromatic carbocycles. The van der Waals surface area contributed by atoms with E-state index in [4.69, 9.17) is 23.7 Å². The van der Waals surface area contributed by atoms with Crippen LogP contribution in [0.25, 0.3) is 38.9 Å². The Morgan fingerprint density at radius 3 is 2.59 bits per heavy atom. The Labute approximate surface area is 213 Å². The van der Waals surface area contributed by atoms with E-state index in [2.05, 4.69) is 6.58 Å². The number of allylic oxidation sites excluding steroid dienone is 4. The number of hydrogen-bond acceptors (Lipinski definition) is 7. The van der Waals surface area contributed by atoms with Crippen LogP contribution in [0.3, 0.4) is 0 Å². The van der Waals surface area contributed by atoms with Crippen molar-refractivity contribution < 1.29 is 23.7 Å². The molecule has 0 amide bonds. The maximum Gasteiger partial charge on any atom is 0.315 e. The van der Waals surface area contributed by atoms with Gasteiger partial charge in [0.2, 0.25) is 5.58 Å². The van der Waals surface area contributed by atoms with Gasteiger partial charge < -0.3 is 23.7 Å². The molecule has 1 unspecified atom stereocenters. The molecule has 4 aromatic rings. The summed E-state index contributed by atoms with van der Waals surface area (Å²) in [6, 6.07) is 6.99. The molecular weight excluding hydrogens is 472 g/mol. The molecule has 1 aliphatic heterocycles. The molecule has 3 heterocycles. The van der Waals surface area contributed by atoms with E-state index in [0.717, 1.165) is 5.57 Å². The van der Waals surface area contributed by atoms with Crippen molar-refractivity contribution in [2.24, 2.45) is 0 Å². The Bertz CT molecular complexity index is 1690. The second-order valence-electron chi connectivity index (χ2n) is 8.88. The monoisotopic (exact) mass is 500 g/mol. The zero-order valence-electron chi connectivity index (χ0n) is 21.4. The highest BCUT2D eigenvalue weighted by Crippen LogP contribution is 2.46. The maximum atomic E-state index is 13.6. The highest BCUT2D eigenvalue weighted by molar-refractivity contribution is 6.12. The van der Waals surface area contributed by atoms with Crippen molar-refractivity contribution >= 4 is 27.6 Å². The number of methoxy groups -OCH3 is 2. The molecule has 8 nitrogen and oxygen atoms in total. The van der Waals surface area contributed by atoms with Crippen LogP contribution in [-0.2, 0) is 6.42 Å². The average Bonchev–Trinajstić information content (AvgIpc) is 3.50. The van der Waals surface area contributed by atoms with Crippen molar-refractivity contribution in [3.63, 3.8) is 0 Å². The largest absolute Gasteiger partial charge is 0.507 e. The van der Waals surface area contributed by atoms with E-state index in [-0.39, 0.29) is 17.4 Å². The summed E-state index contributed by atoms with van der Waals surface area (Å²) in [4.78, 5) is 13.6. The molecule has 0 aliphatic carbocycles. The number of nitrogens with zero attached hydrogens (tertiary/aromatic N) is 2. The van der Waals surface area contributed by atoms with Crippen molar-refractivity contribution in [3.05, 3.63) is 70.6 Å². The normalized spacial score (nSPS) is 15.4. The smallest absolute Gasteiger partial charge is 0.315 e. The molecule has 1 atom stereocenters. The summed E-state index contributed by atoms with van der Waals surface area (Å²) in [5.74, 6) is 1.59. The summed E-state index contributed by atoms with van der Waals surface area (Å²) in [6.07, 6.45) is 5.67. The van der Waals surface area contributed by atoms with E-state index in [0.29, 0.717) is 62.5 Å². The van der Waals surface area contributed by atoms with Gasteiger partial charge in [0.05, 0.1) is 25.3 Å². The van der Waals surface area contributed by atoms with Gasteiger partial charge in [-0.3, -0.25) is 4.79 Å². The molecule has 2 aromatic heterocycles. The number of hydrogen-bond donors (Lipinski definition) is 1. The standard InChI is InChI=1S/C29H28N2O6/c1-7-9-16(8-2)31-29(33)28-25(18-12-23(34-5)24(35-6)14-22(18)37-28)26(30-31)17-10-11-20-19(27(17)32)13-21(36-20)15(3)4/h7-12,14,21,32H,3,13H2,1-2,4-6H3/b9-7-,16-8+. The highest BCUT2D eigenvalue weighted by Gasteiger charge is 2.30. The van der Waals surface area contributed by atoms with Crippen molar-refractivity contribution in [1.29, 1.82) is 0 Å². The lowest BCUT2D eigenvalue weighted by Gasteiger charge is -2.12. The van der Waals surface area contributed by atoms with Gasteiger partial charge in [-0.05, 0) is 50.6 Å². The fourth-order valence-electron chi connectivity index (χ4n) is 4.70. The molecule has 0 saturated carbocycles. The van der Waals surface area contributed by atoms with Gasteiger partial charge >= 0.3 is 5.56 Å². The van der Waals surface area contributed by atoms with Crippen molar-refractivity contribution in [3.8, 4) is 34.3 Å². The molecule has 0 saturated heterocycles. The minimum Gasteiger partial charge on any atom is -0.507 e. The number of rotatable bonds is 6. The number of benzene rings is 2. The molecule has 0 bridgehead atoms. The summed E-state index contributed by atoms with van der Waals surface area (Å²) in [5, 5.41) is 17.3. The van der Waals surface area contributed by atoms with Gasteiger partial charge in [-0.25, -0.2) is 0 Å². The van der Waals surface area contributed by atoms with E-state index in [1.807, 2.05) is 32.9 Å². The van der Waals surface area contributed by atoms with Gasteiger partial charge in [-0.1, -0.05) is 18.7 Å². The molecular formula is C29H28N2O6. The van der Waals surface area contributed by atoms with Gasteiger partial charge in [0, 0.05) is 29.0 Å². The van der Waals surface area contributed by atoms with Crippen LogP contribution in [0, 0.1) is 0 Å². The van der Waals surface area contributed by atoms with Crippen LogP contribution in [-0.4, -0.2) is 35.2 Å². The lowest BCUT2D eigenvalue weighted by Crippen LogP contribution is -2.22. The van der Waals surface area contributed by atoms with Gasteiger partial charge in [0.25, 0.3) is 0 Å². The van der Waals surface area contributed by atoms with E-state index in [1.165, 1.54) is 18.9 Å². The maximum absolute atomic E-state index is 13.6. The number of phenols is 1. The third-order valence-electron chi connectivity index (χ3n) is 6.60. The Morgan fingerprint density at radius 2 is 1.95 bits per heavy atom. The molecule has 1 aliphatic rings. The molecule has 37 heavy (non-hydrogen) atoms. The van der Waals surface area contributed by atoms with E-state index in [1.54, 1.807) is 30.4 Å². The number of fused-ring (bicyclic) bond motifs is 4. The molecule has 1 N–H and O–H groups in total. The number of furan rings is 1. The van der Waals surface area contributed by atoms with Gasteiger partial charge in [0.15, 0.2) is 11.5 Å². The van der Waals surface area contributed by atoms with Crippen LogP contribution >= 0.6 is 0 Å². The van der Waals surface area contributed by atoms with Crippen LogP contribution in [0.1, 0.15) is 26.3 Å². The molecule has 0 spiro atoms. The third kappa shape index (κ3) is 3.76. The van der Waals surface area contributed by atoms with Gasteiger partial charge in [0.1, 0.15) is 28.9 Å². The van der Waals surface area contributed by atoms with Gasteiger partial charge in [-0.15, -0.1) is 0 Å². The van der Waals surface area contributed by atoms with E-state index in [9.17, 15) is 9.90 Å². The lowest BCUT2D eigenvalue weighted by atomic mass is 9.98. The summed E-state index contributed by atoms with van der Waals surface area (Å²) in [6.45, 7) is 9.57. The first-order valence-electron chi connectivity index (χ1n) is 11.9. The predicted molar refractivity (Wildman–Crippen MR) is 144 cm³/mol. The fraction of sp³-hybridized carbons (Fsp3) is 0.241. The first kappa shape index (κ1) is 24.2. The van der Waals surface area contributed by atoms with Crippen LogP contribution in [0.4, 0.5) is 0 Å². The predicted octanol–water partition coefficient (Wildman–Crippen LogP) is 5.85. The summed E-state index contributed by atoms with van der Waals surface area (Å²) < 4.78 is 24.3. The van der Waals surface area contributed by atoms with E-state index >= 15 is 0 Å². The molecule has 5 rings (SSSR count). The topological polar surface area (TPSA) is 96.0 Å². The first-order chi connectivity index (χ1) is 17.8. The lowest BCUT2D eigenvalue weighted by molar-refractivity contribution is 0.271. The van der Waals surface area contributed by atoms with Gasteiger partial charge in [-0.2, -0.15) is 9.78 Å². The number of aromatic nitrogens is 2. The SMILES string of the molecule is C=C(C)C1Cc2c(ccc(-c3nn(C(/C=C\C)=C/C)c(=O)c4oc5cc(OC)c(OC)cc5c34)c2O)O1. The van der Waals surface area contributed by atoms with E-state index < -0.39 is 5.56 Å². The second-order valence-corrected chi connectivity index (χ2v) is 8.88. The second kappa shape index (κ2) is 9.20. The van der Waals surface area contributed by atoms with Crippen molar-refractivity contribution in [2.45, 2.75) is 33.3 Å². The first-order valence-corrected chi connectivity index (χ1v) is 11.9. The summed E-state index contributed by atoms with van der Waals surface area (Å²) >= 11 is 0. The van der Waals surface area contributed by atoms with Crippen molar-refractivity contribution in [1.82, 2.24) is 9.78 Å². The van der Waals surface area contributed by atoms with Crippen LogP contribution < -0.4 is 19.8 Å². The molecule has 0 radical (unpaired) electrons. The minimum absolute atomic E-state index is 0.0446. The van der Waals surface area contributed by atoms with Crippen LogP contribution in [0.15, 0.2) is 63.9 Å². The molecule has 8 heteroatoms. The fourth-order valence-corrected chi connectivity index (χ4v) is 4.70. The number of ether oxygens (including phenoxy) is 3. The van der Waals surface area contributed by atoms with Crippen molar-refractivity contribution in [2.75, 3.05) is 14.2 Å². The Morgan fingerprint density at radius 1 is 1.22 bits per heavy atom. The minimum atomic E-state index is -0.426. The Balaban J connectivity index is 1.89. The Kier molecular flexibility index (Phi) is 6.03. The summed E-state index contributed by atoms with van der Waals surface area (Å²) in [7, 11) is 3.07. The zero-order valence-corrected chi connectivity index (χ0v) is 21.4. The van der Waals surface area contributed by atoms with Crippen LogP contribution in [0.5, 0.6) is 23.0 Å². The molecule has 0 fully saturated rings. The third-order valence-corrected chi connectivity index (χ3v) is 6.60. The van der Waals surface area contributed by atoms with Crippen LogP contribution in [0.2, 0.25) is 0 Å². The Hall–Kier alpha value is -4.46. The molecule has 190 valence electrons. The highest BCUT2D eigenvalue weighted by atomic mass is 16.5.